The van der Waals surface area contributed by atoms with Crippen LogP contribution in [0.5, 0.6) is 0 Å². The molecule has 1 amide bonds. The predicted molar refractivity (Wildman–Crippen MR) is 94.5 cm³/mol. The maximum atomic E-state index is 12.8. The maximum Gasteiger partial charge on any atom is 0.274 e. The van der Waals surface area contributed by atoms with E-state index in [1.807, 2.05) is 37.3 Å². The minimum absolute atomic E-state index is 0.142. The first-order chi connectivity index (χ1) is 12.2. The first-order valence-corrected chi connectivity index (χ1v) is 8.66. The van der Waals surface area contributed by atoms with Gasteiger partial charge in [0.05, 0.1) is 13.2 Å². The van der Waals surface area contributed by atoms with E-state index >= 15 is 0 Å². The lowest BCUT2D eigenvalue weighted by atomic mass is 10.1. The Kier molecular flexibility index (Phi) is 5.60. The van der Waals surface area contributed by atoms with Gasteiger partial charge in [0.1, 0.15) is 5.69 Å². The van der Waals surface area contributed by atoms with Gasteiger partial charge in [-0.2, -0.15) is 5.10 Å². The molecule has 6 heteroatoms. The topological polar surface area (TPSA) is 64.4 Å². The van der Waals surface area contributed by atoms with Crippen molar-refractivity contribution in [1.29, 1.82) is 0 Å². The number of amides is 1. The lowest BCUT2D eigenvalue weighted by molar-refractivity contribution is 0.0722. The summed E-state index contributed by atoms with van der Waals surface area (Å²) in [6, 6.07) is 12.5. The summed E-state index contributed by atoms with van der Waals surface area (Å²) in [7, 11) is 0. The summed E-state index contributed by atoms with van der Waals surface area (Å²) in [6.07, 6.45) is 0.977. The highest BCUT2D eigenvalue weighted by molar-refractivity contribution is 5.92. The highest BCUT2D eigenvalue weighted by Gasteiger charge is 2.23. The minimum atomic E-state index is -0.215. The van der Waals surface area contributed by atoms with Gasteiger partial charge in [0.25, 0.3) is 11.5 Å². The fourth-order valence-corrected chi connectivity index (χ4v) is 2.99. The first kappa shape index (κ1) is 17.4. The van der Waals surface area contributed by atoms with Crippen LogP contribution in [0.1, 0.15) is 29.4 Å². The zero-order chi connectivity index (χ0) is 17.6. The normalized spacial score (nSPS) is 16.8. The van der Waals surface area contributed by atoms with E-state index in [9.17, 15) is 9.59 Å². The van der Waals surface area contributed by atoms with Gasteiger partial charge in [-0.15, -0.1) is 0 Å². The van der Waals surface area contributed by atoms with E-state index in [0.717, 1.165) is 18.6 Å². The van der Waals surface area contributed by atoms with Gasteiger partial charge in [-0.1, -0.05) is 30.3 Å². The zero-order valence-electron chi connectivity index (χ0n) is 14.4. The number of rotatable bonds is 6. The van der Waals surface area contributed by atoms with Gasteiger partial charge in [0.15, 0.2) is 0 Å². The van der Waals surface area contributed by atoms with Crippen LogP contribution in [0.25, 0.3) is 0 Å². The second-order valence-corrected chi connectivity index (χ2v) is 6.27. The summed E-state index contributed by atoms with van der Waals surface area (Å²) >= 11 is 0. The Morgan fingerprint density at radius 1 is 1.28 bits per heavy atom. The maximum absolute atomic E-state index is 12.8. The Morgan fingerprint density at radius 2 is 2.08 bits per heavy atom. The molecule has 132 valence electrons. The Morgan fingerprint density at radius 3 is 2.76 bits per heavy atom. The number of carbonyl (C=O) groups excluding carboxylic acids is 1. The molecule has 2 aromatic rings. The molecule has 0 spiro atoms. The fraction of sp³-hybridized carbons (Fsp3) is 0.421. The average molecular weight is 341 g/mol. The quantitative estimate of drug-likeness (QED) is 0.803. The number of ether oxygens (including phenoxy) is 1. The molecule has 25 heavy (non-hydrogen) atoms. The third-order valence-electron chi connectivity index (χ3n) is 4.43. The Balaban J connectivity index is 1.77. The van der Waals surface area contributed by atoms with E-state index in [4.69, 9.17) is 4.74 Å². The van der Waals surface area contributed by atoms with Crippen molar-refractivity contribution in [1.82, 2.24) is 14.7 Å². The van der Waals surface area contributed by atoms with Gasteiger partial charge in [-0.05, 0) is 25.0 Å². The summed E-state index contributed by atoms with van der Waals surface area (Å²) in [4.78, 5) is 26.6. The molecule has 1 aliphatic heterocycles. The van der Waals surface area contributed by atoms with E-state index in [-0.39, 0.29) is 11.5 Å². The SMILES string of the molecule is CCN(C[C@H]1CCOC1)C(=O)c1ccc(=O)n(Cc2ccccc2)n1. The molecule has 0 unspecified atom stereocenters. The summed E-state index contributed by atoms with van der Waals surface area (Å²) < 4.78 is 6.73. The summed E-state index contributed by atoms with van der Waals surface area (Å²) in [5.41, 5.74) is 1.06. The lowest BCUT2D eigenvalue weighted by Gasteiger charge is -2.23. The van der Waals surface area contributed by atoms with Crippen LogP contribution in [0.15, 0.2) is 47.3 Å². The number of nitrogens with zero attached hydrogens (tertiary/aromatic N) is 3. The standard InChI is InChI=1S/C19H23N3O3/c1-2-21(12-16-10-11-25-14-16)19(24)17-8-9-18(23)22(20-17)13-15-6-4-3-5-7-15/h3-9,16H,2,10-14H2,1H3/t16-/m1/s1. The molecule has 1 atom stereocenters. The van der Waals surface area contributed by atoms with Gasteiger partial charge in [0, 0.05) is 31.7 Å². The van der Waals surface area contributed by atoms with Gasteiger partial charge in [-0.25, -0.2) is 4.68 Å². The molecule has 0 radical (unpaired) electrons. The zero-order valence-corrected chi connectivity index (χ0v) is 14.4. The summed E-state index contributed by atoms with van der Waals surface area (Å²) in [5, 5.41) is 4.29. The van der Waals surface area contributed by atoms with E-state index in [2.05, 4.69) is 5.10 Å². The minimum Gasteiger partial charge on any atom is -0.381 e. The summed E-state index contributed by atoms with van der Waals surface area (Å²) in [6.45, 7) is 5.03. The van der Waals surface area contributed by atoms with E-state index in [1.54, 1.807) is 4.90 Å². The fourth-order valence-electron chi connectivity index (χ4n) is 2.99. The van der Waals surface area contributed by atoms with Gasteiger partial charge in [0.2, 0.25) is 0 Å². The summed E-state index contributed by atoms with van der Waals surface area (Å²) in [5.74, 6) is 0.232. The van der Waals surface area contributed by atoms with E-state index < -0.39 is 0 Å². The van der Waals surface area contributed by atoms with Crippen molar-refractivity contribution in [3.8, 4) is 0 Å². The van der Waals surface area contributed by atoms with Crippen LogP contribution in [0, 0.1) is 5.92 Å². The van der Waals surface area contributed by atoms with Gasteiger partial charge >= 0.3 is 0 Å². The molecule has 0 saturated carbocycles. The van der Waals surface area contributed by atoms with Gasteiger partial charge < -0.3 is 9.64 Å². The van der Waals surface area contributed by atoms with Crippen LogP contribution >= 0.6 is 0 Å². The van der Waals surface area contributed by atoms with E-state index in [0.29, 0.717) is 37.9 Å². The Labute approximate surface area is 147 Å². The largest absolute Gasteiger partial charge is 0.381 e. The molecular formula is C19H23N3O3. The van der Waals surface area contributed by atoms with Crippen molar-refractivity contribution in [3.05, 3.63) is 64.1 Å². The van der Waals surface area contributed by atoms with Crippen LogP contribution in [-0.4, -0.2) is 46.9 Å². The van der Waals surface area contributed by atoms with Gasteiger partial charge in [-0.3, -0.25) is 9.59 Å². The molecular weight excluding hydrogens is 318 g/mol. The molecule has 0 N–H and O–H groups in total. The molecule has 0 aliphatic carbocycles. The van der Waals surface area contributed by atoms with Crippen molar-refractivity contribution < 1.29 is 9.53 Å². The first-order valence-electron chi connectivity index (χ1n) is 8.66. The molecule has 1 aromatic heterocycles. The molecule has 0 bridgehead atoms. The molecule has 3 rings (SSSR count). The highest BCUT2D eigenvalue weighted by atomic mass is 16.5. The van der Waals surface area contributed by atoms with E-state index in [1.165, 1.54) is 16.8 Å². The van der Waals surface area contributed by atoms with Crippen LogP contribution in [0.4, 0.5) is 0 Å². The van der Waals surface area contributed by atoms with Crippen molar-refractivity contribution >= 4 is 5.91 Å². The Bertz CT molecular complexity index is 767. The van der Waals surface area contributed by atoms with Crippen LogP contribution in [0.2, 0.25) is 0 Å². The average Bonchev–Trinajstić information content (AvgIpc) is 3.15. The molecule has 1 fully saturated rings. The molecule has 1 saturated heterocycles. The second kappa shape index (κ2) is 8.07. The molecule has 1 aliphatic rings. The number of carbonyl (C=O) groups is 1. The highest BCUT2D eigenvalue weighted by Crippen LogP contribution is 2.15. The number of aromatic nitrogens is 2. The second-order valence-electron chi connectivity index (χ2n) is 6.27. The van der Waals surface area contributed by atoms with Crippen LogP contribution in [0.3, 0.4) is 0 Å². The van der Waals surface area contributed by atoms with Crippen LogP contribution < -0.4 is 5.56 Å². The van der Waals surface area contributed by atoms with Crippen LogP contribution in [-0.2, 0) is 11.3 Å². The third kappa shape index (κ3) is 4.33. The third-order valence-corrected chi connectivity index (χ3v) is 4.43. The molecule has 6 nitrogen and oxygen atoms in total. The van der Waals surface area contributed by atoms with Crippen molar-refractivity contribution in [2.75, 3.05) is 26.3 Å². The molecule has 2 heterocycles. The van der Waals surface area contributed by atoms with Crippen molar-refractivity contribution in [2.24, 2.45) is 5.92 Å². The van der Waals surface area contributed by atoms with Crippen molar-refractivity contribution in [3.63, 3.8) is 0 Å². The number of hydrogen-bond acceptors (Lipinski definition) is 4. The smallest absolute Gasteiger partial charge is 0.274 e. The van der Waals surface area contributed by atoms with Crippen molar-refractivity contribution in [2.45, 2.75) is 19.9 Å². The Hall–Kier alpha value is -2.47. The number of benzene rings is 1. The number of hydrogen-bond donors (Lipinski definition) is 0. The molecule has 1 aromatic carbocycles. The lowest BCUT2D eigenvalue weighted by Crippen LogP contribution is -2.37. The predicted octanol–water partition coefficient (Wildman–Crippen LogP) is 1.79. The monoisotopic (exact) mass is 341 g/mol.